The van der Waals surface area contributed by atoms with Gasteiger partial charge in [0.2, 0.25) is 5.91 Å². The minimum absolute atomic E-state index is 0.186. The van der Waals surface area contributed by atoms with Crippen LogP contribution in [-0.4, -0.2) is 29.4 Å². The van der Waals surface area contributed by atoms with Crippen LogP contribution in [0.1, 0.15) is 36.5 Å². The number of likely N-dealkylation sites (tertiary alicyclic amines) is 1. The summed E-state index contributed by atoms with van der Waals surface area (Å²) in [6, 6.07) is 13.2. The summed E-state index contributed by atoms with van der Waals surface area (Å²) in [5.74, 6) is -0.253. The van der Waals surface area contributed by atoms with Crippen molar-refractivity contribution in [2.24, 2.45) is 5.73 Å². The number of anilines is 1. The number of nitrogens with two attached hydrogens (primary N) is 1. The van der Waals surface area contributed by atoms with Gasteiger partial charge < -0.3 is 11.1 Å². The molecule has 0 spiro atoms. The number of carbonyl (C=O) groups is 1. The van der Waals surface area contributed by atoms with Gasteiger partial charge in [-0.05, 0) is 48.6 Å². The zero-order valence-electron chi connectivity index (χ0n) is 16.4. The van der Waals surface area contributed by atoms with E-state index < -0.39 is 17.3 Å². The first kappa shape index (κ1) is 21.3. The number of benzene rings is 2. The third-order valence-corrected chi connectivity index (χ3v) is 5.54. The molecule has 1 amide bonds. The molecule has 0 saturated carbocycles. The highest BCUT2D eigenvalue weighted by atomic mass is 19.4. The number of piperidine rings is 1. The highest BCUT2D eigenvalue weighted by Crippen LogP contribution is 2.33. The maximum atomic E-state index is 13.2. The fraction of sp³-hybridized carbons (Fsp3) is 0.409. The van der Waals surface area contributed by atoms with Crippen molar-refractivity contribution >= 4 is 11.6 Å². The Hall–Kier alpha value is -2.38. The number of carbonyl (C=O) groups excluding carboxylic acids is 1. The highest BCUT2D eigenvalue weighted by molar-refractivity contribution is 5.98. The molecular formula is C22H26F3N3O. The van der Waals surface area contributed by atoms with E-state index in [2.05, 4.69) is 12.2 Å². The Kier molecular flexibility index (Phi) is 6.29. The maximum absolute atomic E-state index is 13.2. The van der Waals surface area contributed by atoms with Gasteiger partial charge in [0, 0.05) is 25.3 Å². The van der Waals surface area contributed by atoms with Crippen molar-refractivity contribution in [2.45, 2.75) is 44.4 Å². The zero-order chi connectivity index (χ0) is 21.1. The second-order valence-electron chi connectivity index (χ2n) is 7.59. The zero-order valence-corrected chi connectivity index (χ0v) is 16.4. The van der Waals surface area contributed by atoms with E-state index in [1.165, 1.54) is 17.7 Å². The van der Waals surface area contributed by atoms with Crippen LogP contribution in [-0.2, 0) is 23.9 Å². The van der Waals surface area contributed by atoms with Gasteiger partial charge in [-0.25, -0.2) is 0 Å². The number of aryl methyl sites for hydroxylation is 1. The summed E-state index contributed by atoms with van der Waals surface area (Å²) >= 11 is 0. The molecule has 2 aromatic carbocycles. The molecule has 156 valence electrons. The number of hydrogen-bond acceptors (Lipinski definition) is 3. The van der Waals surface area contributed by atoms with E-state index in [4.69, 9.17) is 5.73 Å². The van der Waals surface area contributed by atoms with E-state index in [1.807, 2.05) is 29.2 Å². The molecule has 0 atom stereocenters. The summed E-state index contributed by atoms with van der Waals surface area (Å²) in [6.45, 7) is 3.17. The second-order valence-corrected chi connectivity index (χ2v) is 7.59. The van der Waals surface area contributed by atoms with Gasteiger partial charge in [-0.15, -0.1) is 0 Å². The lowest BCUT2D eigenvalue weighted by Gasteiger charge is -2.38. The molecule has 0 aliphatic carbocycles. The van der Waals surface area contributed by atoms with Crippen LogP contribution in [0, 0.1) is 0 Å². The molecule has 1 aliphatic heterocycles. The summed E-state index contributed by atoms with van der Waals surface area (Å²) in [5.41, 5.74) is 6.82. The van der Waals surface area contributed by atoms with E-state index in [1.54, 1.807) is 6.07 Å². The smallest absolute Gasteiger partial charge is 0.324 e. The Labute approximate surface area is 168 Å². The molecule has 1 aliphatic rings. The van der Waals surface area contributed by atoms with Gasteiger partial charge >= 0.3 is 6.18 Å². The van der Waals surface area contributed by atoms with E-state index in [0.29, 0.717) is 31.6 Å². The van der Waals surface area contributed by atoms with E-state index >= 15 is 0 Å². The predicted octanol–water partition coefficient (Wildman–Crippen LogP) is 4.20. The monoisotopic (exact) mass is 405 g/mol. The van der Waals surface area contributed by atoms with Crippen LogP contribution in [0.3, 0.4) is 0 Å². The third-order valence-electron chi connectivity index (χ3n) is 5.54. The van der Waals surface area contributed by atoms with Gasteiger partial charge in [0.05, 0.1) is 11.1 Å². The number of alkyl halides is 3. The van der Waals surface area contributed by atoms with Crippen molar-refractivity contribution in [3.05, 3.63) is 65.2 Å². The SMILES string of the molecule is CCc1ccc(NC(=O)C2(N)CCN(Cc3ccccc3C(F)(F)F)CC2)cc1. The van der Waals surface area contributed by atoms with Crippen LogP contribution in [0.4, 0.5) is 18.9 Å². The molecule has 0 aromatic heterocycles. The molecule has 29 heavy (non-hydrogen) atoms. The van der Waals surface area contributed by atoms with Crippen LogP contribution < -0.4 is 11.1 Å². The van der Waals surface area contributed by atoms with Gasteiger partial charge in [-0.1, -0.05) is 37.3 Å². The molecule has 0 bridgehead atoms. The molecule has 0 radical (unpaired) electrons. The summed E-state index contributed by atoms with van der Waals surface area (Å²) in [7, 11) is 0. The first-order valence-electron chi connectivity index (χ1n) is 9.78. The molecule has 7 heteroatoms. The Morgan fingerprint density at radius 1 is 1.10 bits per heavy atom. The summed E-state index contributed by atoms with van der Waals surface area (Å²) < 4.78 is 39.6. The molecule has 0 unspecified atom stereocenters. The first-order chi connectivity index (χ1) is 13.7. The number of rotatable bonds is 5. The van der Waals surface area contributed by atoms with Crippen molar-refractivity contribution in [1.29, 1.82) is 0 Å². The minimum atomic E-state index is -4.38. The van der Waals surface area contributed by atoms with Crippen LogP contribution in [0.2, 0.25) is 0 Å². The van der Waals surface area contributed by atoms with Gasteiger partial charge in [0.15, 0.2) is 0 Å². The van der Waals surface area contributed by atoms with Gasteiger partial charge in [0.1, 0.15) is 0 Å². The quantitative estimate of drug-likeness (QED) is 0.784. The lowest BCUT2D eigenvalue weighted by atomic mass is 9.87. The maximum Gasteiger partial charge on any atom is 0.416 e. The van der Waals surface area contributed by atoms with Crippen LogP contribution in [0.15, 0.2) is 48.5 Å². The topological polar surface area (TPSA) is 58.4 Å². The van der Waals surface area contributed by atoms with Gasteiger partial charge in [-0.3, -0.25) is 9.69 Å². The third kappa shape index (κ3) is 5.16. The van der Waals surface area contributed by atoms with Crippen LogP contribution in [0.25, 0.3) is 0 Å². The number of hydrogen-bond donors (Lipinski definition) is 2. The number of nitrogens with zero attached hydrogens (tertiary/aromatic N) is 1. The lowest BCUT2D eigenvalue weighted by molar-refractivity contribution is -0.138. The fourth-order valence-corrected chi connectivity index (χ4v) is 3.59. The molecule has 3 N–H and O–H groups in total. The fourth-order valence-electron chi connectivity index (χ4n) is 3.59. The van der Waals surface area contributed by atoms with Crippen LogP contribution in [0.5, 0.6) is 0 Å². The molecule has 4 nitrogen and oxygen atoms in total. The standard InChI is InChI=1S/C22H26F3N3O/c1-2-16-7-9-18(10-8-16)27-20(29)21(26)11-13-28(14-12-21)15-17-5-3-4-6-19(17)22(23,24)25/h3-10H,2,11-15,26H2,1H3,(H,27,29). The van der Waals surface area contributed by atoms with Crippen molar-refractivity contribution < 1.29 is 18.0 Å². The Bertz CT molecular complexity index is 841. The molecule has 1 heterocycles. The Morgan fingerprint density at radius 2 is 1.72 bits per heavy atom. The molecule has 3 rings (SSSR count). The molecule has 2 aromatic rings. The van der Waals surface area contributed by atoms with Gasteiger partial charge in [-0.2, -0.15) is 13.2 Å². The van der Waals surface area contributed by atoms with E-state index in [0.717, 1.165) is 12.5 Å². The minimum Gasteiger partial charge on any atom is -0.324 e. The van der Waals surface area contributed by atoms with Gasteiger partial charge in [0.25, 0.3) is 0 Å². The Balaban J connectivity index is 1.60. The van der Waals surface area contributed by atoms with Crippen molar-refractivity contribution in [1.82, 2.24) is 4.90 Å². The largest absolute Gasteiger partial charge is 0.416 e. The Morgan fingerprint density at radius 3 is 2.31 bits per heavy atom. The number of amides is 1. The normalized spacial score (nSPS) is 17.1. The molecule has 1 fully saturated rings. The lowest BCUT2D eigenvalue weighted by Crippen LogP contribution is -2.57. The van der Waals surface area contributed by atoms with Crippen molar-refractivity contribution in [3.63, 3.8) is 0 Å². The second kappa shape index (κ2) is 8.55. The van der Waals surface area contributed by atoms with E-state index in [-0.39, 0.29) is 18.0 Å². The first-order valence-corrected chi connectivity index (χ1v) is 9.78. The highest BCUT2D eigenvalue weighted by Gasteiger charge is 2.38. The summed E-state index contributed by atoms with van der Waals surface area (Å²) in [5, 5.41) is 2.87. The summed E-state index contributed by atoms with van der Waals surface area (Å²) in [4.78, 5) is 14.6. The van der Waals surface area contributed by atoms with Crippen molar-refractivity contribution in [2.75, 3.05) is 18.4 Å². The van der Waals surface area contributed by atoms with E-state index in [9.17, 15) is 18.0 Å². The van der Waals surface area contributed by atoms with Crippen molar-refractivity contribution in [3.8, 4) is 0 Å². The molecular weight excluding hydrogens is 379 g/mol. The number of halogens is 3. The summed E-state index contributed by atoms with van der Waals surface area (Å²) in [6.07, 6.45) is -2.68. The number of nitrogens with one attached hydrogen (secondary N) is 1. The average Bonchev–Trinajstić information content (AvgIpc) is 2.70. The predicted molar refractivity (Wildman–Crippen MR) is 107 cm³/mol. The average molecular weight is 405 g/mol. The molecule has 1 saturated heterocycles. The van der Waals surface area contributed by atoms with Crippen LogP contribution >= 0.6 is 0 Å².